The highest BCUT2D eigenvalue weighted by Gasteiger charge is 2.31. The highest BCUT2D eigenvalue weighted by Crippen LogP contribution is 2.22. The average molecular weight is 440 g/mol. The van der Waals surface area contributed by atoms with Crippen molar-refractivity contribution >= 4 is 11.8 Å². The van der Waals surface area contributed by atoms with Crippen LogP contribution in [0.15, 0.2) is 34.9 Å². The molecule has 0 saturated carbocycles. The average Bonchev–Trinajstić information content (AvgIpc) is 3.14. The number of carbonyl (C=O) groups is 2. The summed E-state index contributed by atoms with van der Waals surface area (Å²) < 4.78 is 45.3. The summed E-state index contributed by atoms with van der Waals surface area (Å²) in [6.45, 7) is 4.41. The van der Waals surface area contributed by atoms with Crippen molar-refractivity contribution in [1.29, 1.82) is 0 Å². The summed E-state index contributed by atoms with van der Waals surface area (Å²) in [5.74, 6) is -0.433. The number of amides is 2. The van der Waals surface area contributed by atoms with E-state index in [-0.39, 0.29) is 29.9 Å². The molecule has 0 spiro atoms. The molecule has 3 rings (SSSR count). The van der Waals surface area contributed by atoms with E-state index in [1.807, 2.05) is 4.90 Å². The lowest BCUT2D eigenvalue weighted by Crippen LogP contribution is -2.51. The molecule has 0 bridgehead atoms. The third-order valence-electron chi connectivity index (χ3n) is 4.76. The van der Waals surface area contributed by atoms with Crippen LogP contribution in [0, 0.1) is 6.92 Å². The summed E-state index contributed by atoms with van der Waals surface area (Å²) in [6, 6.07) is 7.13. The van der Waals surface area contributed by atoms with E-state index in [1.165, 1.54) is 24.3 Å². The lowest BCUT2D eigenvalue weighted by atomic mass is 10.1. The summed E-state index contributed by atoms with van der Waals surface area (Å²) in [7, 11) is 0. The van der Waals surface area contributed by atoms with Crippen LogP contribution in [0.2, 0.25) is 0 Å². The first kappa shape index (κ1) is 22.6. The molecule has 2 amide bonds. The van der Waals surface area contributed by atoms with E-state index in [4.69, 9.17) is 4.52 Å². The van der Waals surface area contributed by atoms with Crippen LogP contribution in [0.4, 0.5) is 13.2 Å². The van der Waals surface area contributed by atoms with Crippen LogP contribution in [0.5, 0.6) is 5.75 Å². The fourth-order valence-electron chi connectivity index (χ4n) is 3.19. The normalized spacial score (nSPS) is 15.0. The molecular formula is C20H23F3N4O4. The zero-order valence-electron chi connectivity index (χ0n) is 16.9. The number of aryl methyl sites for hydroxylation is 1. The van der Waals surface area contributed by atoms with Crippen LogP contribution >= 0.6 is 0 Å². The third kappa shape index (κ3) is 6.99. The number of hydrogen-bond donors (Lipinski definition) is 1. The molecule has 0 unspecified atom stereocenters. The van der Waals surface area contributed by atoms with E-state index in [2.05, 4.69) is 15.2 Å². The first-order valence-electron chi connectivity index (χ1n) is 9.76. The molecule has 0 radical (unpaired) electrons. The van der Waals surface area contributed by atoms with Crippen LogP contribution in [0.25, 0.3) is 0 Å². The van der Waals surface area contributed by atoms with Crippen LogP contribution in [0.1, 0.15) is 21.8 Å². The van der Waals surface area contributed by atoms with Crippen LogP contribution in [-0.4, -0.2) is 72.4 Å². The summed E-state index contributed by atoms with van der Waals surface area (Å²) in [6.07, 6.45) is -4.24. The van der Waals surface area contributed by atoms with Gasteiger partial charge in [0.25, 0.3) is 5.91 Å². The molecule has 1 N–H and O–H groups in total. The van der Waals surface area contributed by atoms with Gasteiger partial charge in [-0.15, -0.1) is 13.2 Å². The minimum absolute atomic E-state index is 0.150. The Hall–Kier alpha value is -3.08. The van der Waals surface area contributed by atoms with Gasteiger partial charge in [0.2, 0.25) is 11.7 Å². The third-order valence-corrected chi connectivity index (χ3v) is 4.76. The summed E-state index contributed by atoms with van der Waals surface area (Å²) in [4.78, 5) is 28.1. The quantitative estimate of drug-likeness (QED) is 0.709. The molecule has 11 heteroatoms. The molecule has 31 heavy (non-hydrogen) atoms. The number of nitrogens with zero attached hydrogens (tertiary/aromatic N) is 3. The van der Waals surface area contributed by atoms with Gasteiger partial charge in [0, 0.05) is 38.8 Å². The molecule has 1 aliphatic rings. The van der Waals surface area contributed by atoms with Crippen LogP contribution in [-0.2, 0) is 11.2 Å². The van der Waals surface area contributed by atoms with Gasteiger partial charge in [-0.1, -0.05) is 17.3 Å². The second kappa shape index (κ2) is 9.82. The van der Waals surface area contributed by atoms with E-state index < -0.39 is 6.36 Å². The standard InChI is InChI=1S/C20H23F3N4O4/c1-14-12-17(31-25-14)19(29)27-10-8-26(9-11-27)13-18(28)24-7-6-15-2-4-16(5-3-15)30-20(21,22)23/h2-5,12H,6-11,13H2,1H3,(H,24,28). The van der Waals surface area contributed by atoms with Gasteiger partial charge in [-0.25, -0.2) is 0 Å². The number of halogens is 3. The Morgan fingerprint density at radius 3 is 2.42 bits per heavy atom. The van der Waals surface area contributed by atoms with Crippen molar-refractivity contribution < 1.29 is 32.0 Å². The Bertz CT molecular complexity index is 891. The number of ether oxygens (including phenoxy) is 1. The first-order valence-corrected chi connectivity index (χ1v) is 9.76. The van der Waals surface area contributed by atoms with Gasteiger partial charge in [0.05, 0.1) is 12.2 Å². The van der Waals surface area contributed by atoms with E-state index >= 15 is 0 Å². The molecule has 1 aliphatic heterocycles. The lowest BCUT2D eigenvalue weighted by molar-refractivity contribution is -0.274. The number of nitrogens with one attached hydrogen (secondary N) is 1. The molecule has 1 aromatic carbocycles. The smallest absolute Gasteiger partial charge is 0.406 e. The van der Waals surface area contributed by atoms with Crippen molar-refractivity contribution in [2.75, 3.05) is 39.3 Å². The monoisotopic (exact) mass is 440 g/mol. The number of hydrogen-bond acceptors (Lipinski definition) is 6. The Morgan fingerprint density at radius 1 is 1.16 bits per heavy atom. The summed E-state index contributed by atoms with van der Waals surface area (Å²) in [5.41, 5.74) is 1.42. The molecular weight excluding hydrogens is 417 g/mol. The van der Waals surface area contributed by atoms with Gasteiger partial charge in [-0.3, -0.25) is 14.5 Å². The number of carbonyl (C=O) groups excluding carboxylic acids is 2. The highest BCUT2D eigenvalue weighted by atomic mass is 19.4. The number of benzene rings is 1. The van der Waals surface area contributed by atoms with Crippen molar-refractivity contribution in [3.05, 3.63) is 47.3 Å². The molecule has 1 saturated heterocycles. The number of aromatic nitrogens is 1. The molecule has 1 fully saturated rings. The van der Waals surface area contributed by atoms with Crippen LogP contribution < -0.4 is 10.1 Å². The zero-order valence-corrected chi connectivity index (χ0v) is 16.9. The van der Waals surface area contributed by atoms with Crippen molar-refractivity contribution in [3.63, 3.8) is 0 Å². The maximum Gasteiger partial charge on any atom is 0.573 e. The van der Waals surface area contributed by atoms with Gasteiger partial charge in [0.15, 0.2) is 0 Å². The molecule has 0 aliphatic carbocycles. The summed E-state index contributed by atoms with van der Waals surface area (Å²) >= 11 is 0. The topological polar surface area (TPSA) is 87.9 Å². The Morgan fingerprint density at radius 2 is 1.84 bits per heavy atom. The molecule has 2 aromatic rings. The molecule has 8 nitrogen and oxygen atoms in total. The number of alkyl halides is 3. The zero-order chi connectivity index (χ0) is 22.4. The second-order valence-electron chi connectivity index (χ2n) is 7.19. The minimum atomic E-state index is -4.72. The van der Waals surface area contributed by atoms with E-state index in [0.29, 0.717) is 44.8 Å². The van der Waals surface area contributed by atoms with Gasteiger partial charge in [-0.05, 0) is 31.0 Å². The number of piperazine rings is 1. The molecule has 168 valence electrons. The largest absolute Gasteiger partial charge is 0.573 e. The maximum absolute atomic E-state index is 12.3. The van der Waals surface area contributed by atoms with Gasteiger partial charge >= 0.3 is 6.36 Å². The van der Waals surface area contributed by atoms with E-state index in [0.717, 1.165) is 5.56 Å². The van der Waals surface area contributed by atoms with Crippen LogP contribution in [0.3, 0.4) is 0 Å². The van der Waals surface area contributed by atoms with Crippen molar-refractivity contribution in [2.24, 2.45) is 0 Å². The SMILES string of the molecule is Cc1cc(C(=O)N2CCN(CC(=O)NCCc3ccc(OC(F)(F)F)cc3)CC2)on1. The summed E-state index contributed by atoms with van der Waals surface area (Å²) in [5, 5.41) is 6.52. The fraction of sp³-hybridized carbons (Fsp3) is 0.450. The Kier molecular flexibility index (Phi) is 7.16. The van der Waals surface area contributed by atoms with E-state index in [9.17, 15) is 22.8 Å². The van der Waals surface area contributed by atoms with Crippen molar-refractivity contribution in [3.8, 4) is 5.75 Å². The van der Waals surface area contributed by atoms with Crippen molar-refractivity contribution in [2.45, 2.75) is 19.7 Å². The highest BCUT2D eigenvalue weighted by molar-refractivity contribution is 5.91. The first-order chi connectivity index (χ1) is 14.7. The predicted octanol–water partition coefficient (Wildman–Crippen LogP) is 2.00. The maximum atomic E-state index is 12.3. The second-order valence-corrected chi connectivity index (χ2v) is 7.19. The molecule has 1 aromatic heterocycles. The van der Waals surface area contributed by atoms with Gasteiger partial charge < -0.3 is 19.5 Å². The van der Waals surface area contributed by atoms with Gasteiger partial charge in [0.1, 0.15) is 5.75 Å². The predicted molar refractivity (Wildman–Crippen MR) is 103 cm³/mol. The Balaban J connectivity index is 1.35. The van der Waals surface area contributed by atoms with Gasteiger partial charge in [-0.2, -0.15) is 0 Å². The Labute approximate surface area is 176 Å². The van der Waals surface area contributed by atoms with Crippen molar-refractivity contribution in [1.82, 2.24) is 20.3 Å². The molecule has 0 atom stereocenters. The fourth-order valence-corrected chi connectivity index (χ4v) is 3.19. The molecule has 2 heterocycles. The minimum Gasteiger partial charge on any atom is -0.406 e. The lowest BCUT2D eigenvalue weighted by Gasteiger charge is -2.33. The number of rotatable bonds is 7. The van der Waals surface area contributed by atoms with E-state index in [1.54, 1.807) is 17.9 Å².